The van der Waals surface area contributed by atoms with Crippen molar-refractivity contribution in [2.24, 2.45) is 5.92 Å². The molecule has 0 bridgehead atoms. The van der Waals surface area contributed by atoms with Crippen LogP contribution in [0, 0.1) is 5.92 Å². The Morgan fingerprint density at radius 2 is 1.50 bits per heavy atom. The van der Waals surface area contributed by atoms with Gasteiger partial charge in [-0.25, -0.2) is 8.42 Å². The molecule has 4 rings (SSSR count). The molecule has 0 heterocycles. The molecule has 4 aromatic rings. The molecule has 0 fully saturated rings. The van der Waals surface area contributed by atoms with Crippen LogP contribution in [0.1, 0.15) is 12.5 Å². The lowest BCUT2D eigenvalue weighted by atomic mass is 9.96. The number of nitrogens with zero attached hydrogens (tertiary/aromatic N) is 1. The first-order chi connectivity index (χ1) is 20.2. The topological polar surface area (TPSA) is 103 Å². The fourth-order valence-corrected chi connectivity index (χ4v) is 6.23. The normalized spacial score (nSPS) is 11.9. The second-order valence-electron chi connectivity index (χ2n) is 9.82. The molecular formula is C32H36N2O7S. The molecule has 222 valence electrons. The Morgan fingerprint density at radius 1 is 0.810 bits per heavy atom. The number of anilines is 1. The van der Waals surface area contributed by atoms with Gasteiger partial charge >= 0.3 is 0 Å². The van der Waals surface area contributed by atoms with Gasteiger partial charge in [-0.15, -0.1) is 0 Å². The minimum Gasteiger partial charge on any atom is -0.497 e. The summed E-state index contributed by atoms with van der Waals surface area (Å²) >= 11 is 0. The highest BCUT2D eigenvalue weighted by Crippen LogP contribution is 2.37. The maximum Gasteiger partial charge on any atom is 0.265 e. The summed E-state index contributed by atoms with van der Waals surface area (Å²) in [7, 11) is 1.52. The van der Waals surface area contributed by atoms with E-state index in [0.717, 1.165) is 16.1 Å². The van der Waals surface area contributed by atoms with E-state index >= 15 is 0 Å². The van der Waals surface area contributed by atoms with E-state index in [1.54, 1.807) is 12.1 Å². The average molecular weight is 593 g/mol. The van der Waals surface area contributed by atoms with Gasteiger partial charge in [-0.3, -0.25) is 9.10 Å². The van der Waals surface area contributed by atoms with Crippen molar-refractivity contribution in [3.63, 3.8) is 0 Å². The van der Waals surface area contributed by atoms with E-state index in [2.05, 4.69) is 29.6 Å². The first kappa shape index (κ1) is 30.5. The van der Waals surface area contributed by atoms with E-state index in [1.165, 1.54) is 63.7 Å². The molecule has 0 aliphatic carbocycles. The molecule has 0 saturated carbocycles. The zero-order valence-electron chi connectivity index (χ0n) is 24.4. The fraction of sp³-hybridized carbons (Fsp3) is 0.281. The zero-order chi connectivity index (χ0) is 30.3. The van der Waals surface area contributed by atoms with Crippen LogP contribution >= 0.6 is 0 Å². The lowest BCUT2D eigenvalue weighted by Gasteiger charge is -2.26. The van der Waals surface area contributed by atoms with Crippen LogP contribution in [0.2, 0.25) is 0 Å². The maximum atomic E-state index is 14.1. The Labute approximate surface area is 247 Å². The molecule has 0 saturated heterocycles. The lowest BCUT2D eigenvalue weighted by Crippen LogP contribution is -2.42. The van der Waals surface area contributed by atoms with Crippen molar-refractivity contribution in [1.82, 2.24) is 5.32 Å². The van der Waals surface area contributed by atoms with Crippen molar-refractivity contribution in [2.45, 2.75) is 18.2 Å². The minimum absolute atomic E-state index is 0.0813. The number of fused-ring (bicyclic) bond motifs is 1. The van der Waals surface area contributed by atoms with E-state index in [9.17, 15) is 13.2 Å². The molecule has 0 aromatic heterocycles. The fourth-order valence-electron chi connectivity index (χ4n) is 4.79. The van der Waals surface area contributed by atoms with Crippen LogP contribution in [0.5, 0.6) is 23.0 Å². The summed E-state index contributed by atoms with van der Waals surface area (Å²) in [5, 5.41) is 5.26. The first-order valence-corrected chi connectivity index (χ1v) is 14.9. The van der Waals surface area contributed by atoms with Crippen LogP contribution in [0.15, 0.2) is 83.8 Å². The summed E-state index contributed by atoms with van der Waals surface area (Å²) in [4.78, 5) is 13.2. The molecule has 0 aliphatic heterocycles. The van der Waals surface area contributed by atoms with Crippen molar-refractivity contribution in [1.29, 1.82) is 0 Å². The SMILES string of the molecule is COc1ccc(OC)c(N(CC(=O)NCC(C)Cc2cccc3ccccc23)S(=O)(=O)c2ccc(OC)c(OC)c2)c1. The molecule has 1 N–H and O–H groups in total. The third kappa shape index (κ3) is 6.71. The van der Waals surface area contributed by atoms with E-state index in [4.69, 9.17) is 18.9 Å². The molecular weight excluding hydrogens is 556 g/mol. The number of hydrogen-bond donors (Lipinski definition) is 1. The lowest BCUT2D eigenvalue weighted by molar-refractivity contribution is -0.119. The summed E-state index contributed by atoms with van der Waals surface area (Å²) < 4.78 is 50.6. The molecule has 0 spiro atoms. The molecule has 42 heavy (non-hydrogen) atoms. The van der Waals surface area contributed by atoms with Crippen molar-refractivity contribution in [3.8, 4) is 23.0 Å². The van der Waals surface area contributed by atoms with Gasteiger partial charge in [0.2, 0.25) is 5.91 Å². The Kier molecular flexibility index (Phi) is 9.80. The monoisotopic (exact) mass is 592 g/mol. The Morgan fingerprint density at radius 3 is 2.21 bits per heavy atom. The predicted molar refractivity (Wildman–Crippen MR) is 163 cm³/mol. The molecule has 0 radical (unpaired) electrons. The van der Waals surface area contributed by atoms with Gasteiger partial charge in [0.15, 0.2) is 11.5 Å². The molecule has 10 heteroatoms. The number of carbonyl (C=O) groups is 1. The number of rotatable bonds is 13. The predicted octanol–water partition coefficient (Wildman–Crippen LogP) is 5.06. The summed E-state index contributed by atoms with van der Waals surface area (Å²) in [6.07, 6.45) is 0.749. The van der Waals surface area contributed by atoms with Crippen molar-refractivity contribution in [3.05, 3.63) is 84.4 Å². The maximum absolute atomic E-state index is 14.1. The Balaban J connectivity index is 1.60. The Bertz CT molecular complexity index is 1650. The number of sulfonamides is 1. The van der Waals surface area contributed by atoms with Gasteiger partial charge in [0.05, 0.1) is 39.0 Å². The highest BCUT2D eigenvalue weighted by atomic mass is 32.2. The number of nitrogens with one attached hydrogen (secondary N) is 1. The van der Waals surface area contributed by atoms with Crippen molar-refractivity contribution < 1.29 is 32.2 Å². The van der Waals surface area contributed by atoms with Gasteiger partial charge < -0.3 is 24.3 Å². The zero-order valence-corrected chi connectivity index (χ0v) is 25.2. The summed E-state index contributed by atoms with van der Waals surface area (Å²) in [6.45, 7) is 1.92. The molecule has 1 atom stereocenters. The van der Waals surface area contributed by atoms with Gasteiger partial charge in [-0.1, -0.05) is 49.4 Å². The number of amides is 1. The van der Waals surface area contributed by atoms with Crippen LogP contribution in [0.25, 0.3) is 10.8 Å². The number of methoxy groups -OCH3 is 4. The van der Waals surface area contributed by atoms with Gasteiger partial charge in [0.1, 0.15) is 18.0 Å². The van der Waals surface area contributed by atoms with E-state index < -0.39 is 22.5 Å². The van der Waals surface area contributed by atoms with Crippen LogP contribution in [0.3, 0.4) is 0 Å². The van der Waals surface area contributed by atoms with Gasteiger partial charge in [-0.05, 0) is 52.9 Å². The molecule has 0 aliphatic rings. The number of hydrogen-bond acceptors (Lipinski definition) is 7. The Hall–Kier alpha value is -4.44. The standard InChI is InChI=1S/C32H36N2O7S/c1-22(17-24-11-8-10-23-9-6-7-12-27(23)24)20-33-32(35)21-34(28-18-25(38-2)13-15-29(28)39-3)42(36,37)26-14-16-30(40-4)31(19-26)41-5/h6-16,18-19,22H,17,20-21H2,1-5H3,(H,33,35). The van der Waals surface area contributed by atoms with Gasteiger partial charge in [0.25, 0.3) is 10.0 Å². The first-order valence-electron chi connectivity index (χ1n) is 13.4. The van der Waals surface area contributed by atoms with Crippen LogP contribution in [-0.2, 0) is 21.2 Å². The third-order valence-electron chi connectivity index (χ3n) is 6.98. The molecule has 9 nitrogen and oxygen atoms in total. The smallest absolute Gasteiger partial charge is 0.265 e. The van der Waals surface area contributed by atoms with Gasteiger partial charge in [-0.2, -0.15) is 0 Å². The van der Waals surface area contributed by atoms with Crippen LogP contribution in [0.4, 0.5) is 5.69 Å². The molecule has 1 unspecified atom stereocenters. The summed E-state index contributed by atoms with van der Waals surface area (Å²) in [6, 6.07) is 23.4. The quantitative estimate of drug-likeness (QED) is 0.231. The van der Waals surface area contributed by atoms with E-state index in [-0.39, 0.29) is 28.0 Å². The number of carbonyl (C=O) groups excluding carboxylic acids is 1. The van der Waals surface area contributed by atoms with E-state index in [0.29, 0.717) is 18.0 Å². The summed E-state index contributed by atoms with van der Waals surface area (Å²) in [5.41, 5.74) is 1.35. The highest BCUT2D eigenvalue weighted by molar-refractivity contribution is 7.92. The van der Waals surface area contributed by atoms with Crippen molar-refractivity contribution in [2.75, 3.05) is 45.8 Å². The second kappa shape index (κ2) is 13.5. The highest BCUT2D eigenvalue weighted by Gasteiger charge is 2.31. The number of benzene rings is 4. The van der Waals surface area contributed by atoms with Crippen LogP contribution in [-0.4, -0.2) is 55.9 Å². The average Bonchev–Trinajstić information content (AvgIpc) is 3.02. The van der Waals surface area contributed by atoms with Crippen LogP contribution < -0.4 is 28.6 Å². The largest absolute Gasteiger partial charge is 0.497 e. The number of ether oxygens (including phenoxy) is 4. The van der Waals surface area contributed by atoms with Crippen molar-refractivity contribution >= 4 is 32.4 Å². The molecule has 1 amide bonds. The van der Waals surface area contributed by atoms with Gasteiger partial charge in [0, 0.05) is 18.7 Å². The minimum atomic E-state index is -4.27. The van der Waals surface area contributed by atoms with E-state index in [1.807, 2.05) is 25.1 Å². The molecule has 4 aromatic carbocycles. The summed E-state index contributed by atoms with van der Waals surface area (Å²) in [5.74, 6) is 0.915. The second-order valence-corrected chi connectivity index (χ2v) is 11.7. The third-order valence-corrected chi connectivity index (χ3v) is 8.74.